The first-order valence-corrected chi connectivity index (χ1v) is 15.2. The van der Waals surface area contributed by atoms with Crippen molar-refractivity contribution in [2.24, 2.45) is 5.92 Å². The molecule has 0 aromatic heterocycles. The lowest BCUT2D eigenvalue weighted by molar-refractivity contribution is -0.139. The molecule has 0 aliphatic carbocycles. The molecule has 3 aromatic carbocycles. The second-order valence-electron chi connectivity index (χ2n) is 9.36. The Balaban J connectivity index is 2.04. The number of nitrogens with one attached hydrogen (secondary N) is 1. The largest absolute Gasteiger partial charge is 0.354 e. The fraction of sp³-hybridized carbons (Fsp3) is 0.286. The van der Waals surface area contributed by atoms with Crippen molar-refractivity contribution < 1.29 is 18.0 Å². The van der Waals surface area contributed by atoms with Crippen molar-refractivity contribution >= 4 is 66.7 Å². The zero-order valence-corrected chi connectivity index (χ0v) is 25.7. The van der Waals surface area contributed by atoms with E-state index < -0.39 is 28.5 Å². The first-order valence-electron chi connectivity index (χ1n) is 12.2. The van der Waals surface area contributed by atoms with Gasteiger partial charge in [-0.05, 0) is 54.8 Å². The van der Waals surface area contributed by atoms with Crippen LogP contribution in [0.5, 0.6) is 0 Å². The topological polar surface area (TPSA) is 86.8 Å². The van der Waals surface area contributed by atoms with Crippen LogP contribution < -0.4 is 9.62 Å². The minimum absolute atomic E-state index is 0.00587. The zero-order chi connectivity index (χ0) is 28.7. The van der Waals surface area contributed by atoms with Crippen LogP contribution in [0.4, 0.5) is 5.69 Å². The SMILES string of the molecule is CC(C)CNC(=O)C(C)N(Cc1ccc(Br)cc1)C(=O)CN(c1cccc(Cl)c1Cl)S(=O)(=O)c1ccccc1. The Bertz CT molecular complexity index is 1400. The molecule has 0 spiro atoms. The summed E-state index contributed by atoms with van der Waals surface area (Å²) < 4.78 is 29.4. The van der Waals surface area contributed by atoms with Gasteiger partial charge in [0.25, 0.3) is 10.0 Å². The Labute approximate surface area is 248 Å². The number of anilines is 1. The van der Waals surface area contributed by atoms with E-state index in [0.29, 0.717) is 6.54 Å². The number of hydrogen-bond acceptors (Lipinski definition) is 4. The highest BCUT2D eigenvalue weighted by atomic mass is 79.9. The number of halogens is 3. The Hall–Kier alpha value is -2.59. The van der Waals surface area contributed by atoms with E-state index in [2.05, 4.69) is 21.2 Å². The lowest BCUT2D eigenvalue weighted by Gasteiger charge is -2.32. The Morgan fingerprint density at radius 3 is 2.18 bits per heavy atom. The van der Waals surface area contributed by atoms with Gasteiger partial charge in [-0.25, -0.2) is 8.42 Å². The van der Waals surface area contributed by atoms with Crippen molar-refractivity contribution in [3.8, 4) is 0 Å². The van der Waals surface area contributed by atoms with Gasteiger partial charge in [-0.2, -0.15) is 0 Å². The lowest BCUT2D eigenvalue weighted by Crippen LogP contribution is -2.51. The van der Waals surface area contributed by atoms with Gasteiger partial charge < -0.3 is 10.2 Å². The second kappa shape index (κ2) is 13.7. The van der Waals surface area contributed by atoms with Crippen molar-refractivity contribution in [1.82, 2.24) is 10.2 Å². The van der Waals surface area contributed by atoms with Gasteiger partial charge in [0.05, 0.1) is 20.6 Å². The van der Waals surface area contributed by atoms with Crippen molar-refractivity contribution in [2.45, 2.75) is 38.3 Å². The second-order valence-corrected chi connectivity index (χ2v) is 12.9. The van der Waals surface area contributed by atoms with Gasteiger partial charge in [-0.3, -0.25) is 13.9 Å². The Kier molecular flexibility index (Phi) is 10.8. The molecule has 1 unspecified atom stereocenters. The summed E-state index contributed by atoms with van der Waals surface area (Å²) in [6, 6.07) is 18.8. The highest BCUT2D eigenvalue weighted by molar-refractivity contribution is 9.10. The molecule has 0 heterocycles. The van der Waals surface area contributed by atoms with E-state index in [-0.39, 0.29) is 39.0 Å². The summed E-state index contributed by atoms with van der Waals surface area (Å²) in [5.41, 5.74) is 0.829. The maximum Gasteiger partial charge on any atom is 0.264 e. The Morgan fingerprint density at radius 1 is 0.923 bits per heavy atom. The smallest absolute Gasteiger partial charge is 0.264 e. The summed E-state index contributed by atoms with van der Waals surface area (Å²) in [4.78, 5) is 28.3. The third-order valence-corrected chi connectivity index (χ3v) is 9.04. The molecule has 1 N–H and O–H groups in total. The fourth-order valence-corrected chi connectivity index (χ4v) is 5.90. The van der Waals surface area contributed by atoms with Gasteiger partial charge in [-0.15, -0.1) is 0 Å². The van der Waals surface area contributed by atoms with Gasteiger partial charge in [0.1, 0.15) is 12.6 Å². The van der Waals surface area contributed by atoms with E-state index >= 15 is 0 Å². The van der Waals surface area contributed by atoms with E-state index in [4.69, 9.17) is 23.2 Å². The molecule has 11 heteroatoms. The molecule has 0 fully saturated rings. The first kappa shape index (κ1) is 30.9. The summed E-state index contributed by atoms with van der Waals surface area (Å²) in [7, 11) is -4.23. The van der Waals surface area contributed by atoms with E-state index in [9.17, 15) is 18.0 Å². The number of rotatable bonds is 11. The molecule has 0 saturated heterocycles. The molecular formula is C28H30BrCl2N3O4S. The minimum atomic E-state index is -4.23. The predicted octanol–water partition coefficient (Wildman–Crippen LogP) is 6.14. The number of hydrogen-bond donors (Lipinski definition) is 1. The monoisotopic (exact) mass is 653 g/mol. The van der Waals surface area contributed by atoms with Crippen LogP contribution in [0, 0.1) is 5.92 Å². The normalized spacial score (nSPS) is 12.2. The van der Waals surface area contributed by atoms with Gasteiger partial charge in [0.15, 0.2) is 0 Å². The average molecular weight is 655 g/mol. The van der Waals surface area contributed by atoms with Crippen LogP contribution in [0.2, 0.25) is 10.0 Å². The molecule has 0 radical (unpaired) electrons. The molecule has 39 heavy (non-hydrogen) atoms. The highest BCUT2D eigenvalue weighted by Crippen LogP contribution is 2.35. The number of amides is 2. The van der Waals surface area contributed by atoms with Gasteiger partial charge in [-0.1, -0.05) is 89.4 Å². The number of carbonyl (C=O) groups excluding carboxylic acids is 2. The maximum atomic E-state index is 13.9. The van der Waals surface area contributed by atoms with Crippen LogP contribution in [0.15, 0.2) is 82.2 Å². The molecule has 2 amide bonds. The summed E-state index contributed by atoms with van der Waals surface area (Å²) in [5.74, 6) is -0.707. The molecule has 7 nitrogen and oxygen atoms in total. The average Bonchev–Trinajstić information content (AvgIpc) is 2.91. The molecule has 0 aliphatic rings. The van der Waals surface area contributed by atoms with Crippen molar-refractivity contribution in [1.29, 1.82) is 0 Å². The summed E-state index contributed by atoms with van der Waals surface area (Å²) in [6.07, 6.45) is 0. The highest BCUT2D eigenvalue weighted by Gasteiger charge is 2.33. The predicted molar refractivity (Wildman–Crippen MR) is 159 cm³/mol. The molecule has 0 aliphatic heterocycles. The standard InChI is InChI=1S/C28H30BrCl2N3O4S/c1-19(2)16-32-28(36)20(3)33(17-21-12-14-22(29)15-13-21)26(35)18-34(25-11-7-10-24(30)27(25)31)39(37,38)23-8-5-4-6-9-23/h4-15,19-20H,16-18H2,1-3H3,(H,32,36). The number of sulfonamides is 1. The maximum absolute atomic E-state index is 13.9. The quantitative estimate of drug-likeness (QED) is 0.269. The van der Waals surface area contributed by atoms with Crippen LogP contribution in [0.1, 0.15) is 26.3 Å². The van der Waals surface area contributed by atoms with E-state index in [1.54, 1.807) is 31.2 Å². The van der Waals surface area contributed by atoms with Gasteiger partial charge in [0.2, 0.25) is 11.8 Å². The van der Waals surface area contributed by atoms with E-state index in [1.807, 2.05) is 38.1 Å². The van der Waals surface area contributed by atoms with Crippen LogP contribution in [-0.4, -0.2) is 44.3 Å². The summed E-state index contributed by atoms with van der Waals surface area (Å²) in [6.45, 7) is 5.49. The van der Waals surface area contributed by atoms with E-state index in [1.165, 1.54) is 29.2 Å². The number of nitrogens with zero attached hydrogens (tertiary/aromatic N) is 2. The van der Waals surface area contributed by atoms with Crippen molar-refractivity contribution in [3.05, 3.63) is 92.9 Å². The zero-order valence-electron chi connectivity index (χ0n) is 21.8. The van der Waals surface area contributed by atoms with Crippen LogP contribution >= 0.6 is 39.1 Å². The first-order chi connectivity index (χ1) is 18.4. The Morgan fingerprint density at radius 2 is 1.56 bits per heavy atom. The van der Waals surface area contributed by atoms with Crippen molar-refractivity contribution in [2.75, 3.05) is 17.4 Å². The molecule has 3 rings (SSSR count). The number of benzene rings is 3. The molecule has 0 bridgehead atoms. The molecule has 0 saturated carbocycles. The van der Waals surface area contributed by atoms with Crippen LogP contribution in [0.3, 0.4) is 0 Å². The van der Waals surface area contributed by atoms with Gasteiger partial charge in [0, 0.05) is 17.6 Å². The molecular weight excluding hydrogens is 625 g/mol. The third kappa shape index (κ3) is 7.97. The van der Waals surface area contributed by atoms with Gasteiger partial charge >= 0.3 is 0 Å². The molecule has 1 atom stereocenters. The van der Waals surface area contributed by atoms with E-state index in [0.717, 1.165) is 14.3 Å². The van der Waals surface area contributed by atoms with Crippen LogP contribution in [0.25, 0.3) is 0 Å². The minimum Gasteiger partial charge on any atom is -0.354 e. The third-order valence-electron chi connectivity index (χ3n) is 5.93. The van der Waals surface area contributed by atoms with Crippen molar-refractivity contribution in [3.63, 3.8) is 0 Å². The van der Waals surface area contributed by atoms with Crippen LogP contribution in [-0.2, 0) is 26.2 Å². The molecule has 3 aromatic rings. The summed E-state index contributed by atoms with van der Waals surface area (Å²) in [5, 5.41) is 2.99. The summed E-state index contributed by atoms with van der Waals surface area (Å²) >= 11 is 16.1. The number of carbonyl (C=O) groups is 2. The lowest BCUT2D eigenvalue weighted by atomic mass is 10.1. The fourth-order valence-electron chi connectivity index (χ4n) is 3.74. The molecule has 208 valence electrons.